The number of amidine groups is 1. The van der Waals surface area contributed by atoms with E-state index in [0.717, 1.165) is 11.8 Å². The maximum absolute atomic E-state index is 15.1. The van der Waals surface area contributed by atoms with Crippen molar-refractivity contribution in [2.75, 3.05) is 4.90 Å². The van der Waals surface area contributed by atoms with Crippen molar-refractivity contribution >= 4 is 23.1 Å². The second kappa shape index (κ2) is 6.69. The van der Waals surface area contributed by atoms with E-state index in [1.807, 2.05) is 0 Å². The summed E-state index contributed by atoms with van der Waals surface area (Å²) in [6, 6.07) is 1.67. The topological polar surface area (TPSA) is 66.0 Å². The molecule has 3 rings (SSSR count). The van der Waals surface area contributed by atoms with Crippen LogP contribution in [0, 0.1) is 17.0 Å². The highest BCUT2D eigenvalue weighted by atomic mass is 35.5. The van der Waals surface area contributed by atoms with Crippen molar-refractivity contribution in [3.63, 3.8) is 0 Å². The molecule has 2 heterocycles. The summed E-state index contributed by atoms with van der Waals surface area (Å²) in [4.78, 5) is 5.40. The van der Waals surface area contributed by atoms with Crippen LogP contribution in [0.5, 0.6) is 0 Å². The zero-order valence-corrected chi connectivity index (χ0v) is 14.8. The van der Waals surface area contributed by atoms with Gasteiger partial charge in [-0.3, -0.25) is 10.4 Å². The summed E-state index contributed by atoms with van der Waals surface area (Å²) in [5.74, 6) is -0.812. The molecule has 1 aliphatic rings. The smallest absolute Gasteiger partial charge is 0.151 e. The monoisotopic (exact) mass is 364 g/mol. The highest BCUT2D eigenvalue weighted by molar-refractivity contribution is 6.34. The SMILES string of the molecule is CCc1c(F)cncc1-c1cc2c(c(Cl)c1F)N(C(C)N)C(=N)CC2. The van der Waals surface area contributed by atoms with Crippen LogP contribution in [0.15, 0.2) is 18.5 Å². The van der Waals surface area contributed by atoms with Crippen LogP contribution in [-0.2, 0) is 12.8 Å². The molecule has 0 fully saturated rings. The molecule has 0 saturated heterocycles. The van der Waals surface area contributed by atoms with Crippen LogP contribution in [-0.4, -0.2) is 17.0 Å². The zero-order chi connectivity index (χ0) is 18.3. The van der Waals surface area contributed by atoms with E-state index < -0.39 is 17.8 Å². The molecule has 0 bridgehead atoms. The number of rotatable bonds is 3. The van der Waals surface area contributed by atoms with Crippen LogP contribution in [0.4, 0.5) is 14.5 Å². The van der Waals surface area contributed by atoms with Gasteiger partial charge in [0.15, 0.2) is 5.82 Å². The van der Waals surface area contributed by atoms with Crippen molar-refractivity contribution in [1.29, 1.82) is 5.41 Å². The molecule has 0 aliphatic carbocycles. The number of anilines is 1. The lowest BCUT2D eigenvalue weighted by molar-refractivity contribution is 0.604. The Morgan fingerprint density at radius 3 is 2.68 bits per heavy atom. The van der Waals surface area contributed by atoms with Gasteiger partial charge in [0, 0.05) is 23.7 Å². The number of pyridine rings is 1. The van der Waals surface area contributed by atoms with Gasteiger partial charge in [-0.2, -0.15) is 0 Å². The number of benzene rings is 1. The van der Waals surface area contributed by atoms with Crippen molar-refractivity contribution in [3.05, 3.63) is 46.2 Å². The van der Waals surface area contributed by atoms with Gasteiger partial charge in [-0.05, 0) is 37.0 Å². The Labute approximate surface area is 150 Å². The molecule has 0 spiro atoms. The molecule has 2 aromatic rings. The van der Waals surface area contributed by atoms with Gasteiger partial charge in [-0.25, -0.2) is 8.78 Å². The Morgan fingerprint density at radius 1 is 1.32 bits per heavy atom. The normalized spacial score (nSPS) is 15.3. The molecular formula is C18H19ClF2N4. The van der Waals surface area contributed by atoms with E-state index in [0.29, 0.717) is 41.9 Å². The summed E-state index contributed by atoms with van der Waals surface area (Å²) >= 11 is 6.32. The first-order chi connectivity index (χ1) is 11.9. The molecule has 1 aromatic carbocycles. The number of nitrogens with one attached hydrogen (secondary N) is 1. The lowest BCUT2D eigenvalue weighted by Crippen LogP contribution is -2.46. The Balaban J connectivity index is 2.26. The molecule has 25 heavy (non-hydrogen) atoms. The molecule has 7 heteroatoms. The van der Waals surface area contributed by atoms with Gasteiger partial charge in [0.25, 0.3) is 0 Å². The minimum Gasteiger partial charge on any atom is -0.313 e. The molecule has 132 valence electrons. The molecular weight excluding hydrogens is 346 g/mol. The molecule has 0 radical (unpaired) electrons. The first kappa shape index (κ1) is 17.8. The van der Waals surface area contributed by atoms with Gasteiger partial charge in [0.1, 0.15) is 16.7 Å². The Bertz CT molecular complexity index is 851. The molecule has 1 aliphatic heterocycles. The fraction of sp³-hybridized carbons (Fsp3) is 0.333. The van der Waals surface area contributed by atoms with E-state index in [1.54, 1.807) is 24.8 Å². The number of fused-ring (bicyclic) bond motifs is 1. The lowest BCUT2D eigenvalue weighted by Gasteiger charge is -2.35. The van der Waals surface area contributed by atoms with Crippen LogP contribution >= 0.6 is 11.6 Å². The van der Waals surface area contributed by atoms with Crippen LogP contribution in [0.3, 0.4) is 0 Å². The average molecular weight is 365 g/mol. The first-order valence-electron chi connectivity index (χ1n) is 8.12. The number of nitrogens with two attached hydrogens (primary N) is 1. The van der Waals surface area contributed by atoms with Crippen molar-refractivity contribution < 1.29 is 8.78 Å². The minimum absolute atomic E-state index is 0.0967. The van der Waals surface area contributed by atoms with Crippen LogP contribution in [0.1, 0.15) is 31.4 Å². The first-order valence-corrected chi connectivity index (χ1v) is 8.50. The summed E-state index contributed by atoms with van der Waals surface area (Å²) in [5.41, 5.74) is 8.20. The number of hydrogen-bond acceptors (Lipinski definition) is 3. The summed E-state index contributed by atoms with van der Waals surface area (Å²) in [5, 5.41) is 7.99. The predicted molar refractivity (Wildman–Crippen MR) is 96.2 cm³/mol. The predicted octanol–water partition coefficient (Wildman–Crippen LogP) is 4.28. The van der Waals surface area contributed by atoms with Gasteiger partial charge < -0.3 is 10.6 Å². The van der Waals surface area contributed by atoms with E-state index in [4.69, 9.17) is 22.7 Å². The molecule has 1 atom stereocenters. The Kier molecular flexibility index (Phi) is 4.75. The van der Waals surface area contributed by atoms with Gasteiger partial charge >= 0.3 is 0 Å². The average Bonchev–Trinajstić information content (AvgIpc) is 2.57. The van der Waals surface area contributed by atoms with E-state index in [1.165, 1.54) is 6.20 Å². The van der Waals surface area contributed by atoms with Crippen molar-refractivity contribution in [2.24, 2.45) is 5.73 Å². The summed E-state index contributed by atoms with van der Waals surface area (Å²) in [6.07, 6.45) is 3.52. The van der Waals surface area contributed by atoms with E-state index >= 15 is 4.39 Å². The third kappa shape index (κ3) is 2.89. The van der Waals surface area contributed by atoms with Crippen LogP contribution in [0.25, 0.3) is 11.1 Å². The second-order valence-corrected chi connectivity index (χ2v) is 6.50. The van der Waals surface area contributed by atoms with Crippen LogP contribution in [0.2, 0.25) is 5.02 Å². The quantitative estimate of drug-likeness (QED) is 0.854. The largest absolute Gasteiger partial charge is 0.313 e. The van der Waals surface area contributed by atoms with E-state index in [9.17, 15) is 4.39 Å². The standard InChI is InChI=1S/C18H19ClF2N4/c1-3-11-13(7-24-8-14(11)20)12-6-10-4-5-15(23)25(9(2)22)18(10)16(19)17(12)21/h6-9,23H,3-5,22H2,1-2H3. The summed E-state index contributed by atoms with van der Waals surface area (Å²) in [6.45, 7) is 3.52. The molecule has 3 N–H and O–H groups in total. The second-order valence-electron chi connectivity index (χ2n) is 6.12. The summed E-state index contributed by atoms with van der Waals surface area (Å²) in [7, 11) is 0. The van der Waals surface area contributed by atoms with Gasteiger partial charge in [0.05, 0.1) is 18.1 Å². The Morgan fingerprint density at radius 2 is 2.04 bits per heavy atom. The van der Waals surface area contributed by atoms with E-state index in [2.05, 4.69) is 4.98 Å². The number of hydrogen-bond donors (Lipinski definition) is 2. The lowest BCUT2D eigenvalue weighted by atomic mass is 9.93. The number of halogens is 3. The maximum atomic E-state index is 15.1. The van der Waals surface area contributed by atoms with Crippen molar-refractivity contribution in [3.8, 4) is 11.1 Å². The van der Waals surface area contributed by atoms with Crippen molar-refractivity contribution in [1.82, 2.24) is 4.98 Å². The maximum Gasteiger partial charge on any atom is 0.151 e. The van der Waals surface area contributed by atoms with Gasteiger partial charge in [-0.15, -0.1) is 0 Å². The molecule has 1 unspecified atom stereocenters. The third-order valence-electron chi connectivity index (χ3n) is 4.48. The third-order valence-corrected chi connectivity index (χ3v) is 4.82. The van der Waals surface area contributed by atoms with Crippen LogP contribution < -0.4 is 10.6 Å². The minimum atomic E-state index is -0.650. The number of nitrogens with zero attached hydrogens (tertiary/aromatic N) is 2. The summed E-state index contributed by atoms with van der Waals surface area (Å²) < 4.78 is 29.1. The highest BCUT2D eigenvalue weighted by Gasteiger charge is 2.30. The Hall–Kier alpha value is -2.05. The van der Waals surface area contributed by atoms with Gasteiger partial charge in [-0.1, -0.05) is 18.5 Å². The van der Waals surface area contributed by atoms with E-state index in [-0.39, 0.29) is 10.6 Å². The highest BCUT2D eigenvalue weighted by Crippen LogP contribution is 2.42. The molecule has 4 nitrogen and oxygen atoms in total. The fourth-order valence-corrected chi connectivity index (χ4v) is 3.64. The zero-order valence-electron chi connectivity index (χ0n) is 14.0. The molecule has 0 amide bonds. The van der Waals surface area contributed by atoms with Gasteiger partial charge in [0.2, 0.25) is 0 Å². The fourth-order valence-electron chi connectivity index (χ4n) is 3.33. The number of aromatic nitrogens is 1. The molecule has 1 aromatic heterocycles. The van der Waals surface area contributed by atoms with Crippen molar-refractivity contribution in [2.45, 2.75) is 39.3 Å². The number of aryl methyl sites for hydroxylation is 1. The molecule has 0 saturated carbocycles.